The van der Waals surface area contributed by atoms with Gasteiger partial charge in [0.2, 0.25) is 0 Å². The van der Waals surface area contributed by atoms with E-state index >= 15 is 0 Å². The van der Waals surface area contributed by atoms with Crippen molar-refractivity contribution in [2.75, 3.05) is 19.0 Å². The molecule has 1 aliphatic carbocycles. The lowest BCUT2D eigenvalue weighted by Gasteiger charge is -2.21. The van der Waals surface area contributed by atoms with Gasteiger partial charge in [-0.1, -0.05) is 24.6 Å². The summed E-state index contributed by atoms with van der Waals surface area (Å²) in [6.07, 6.45) is 3.27. The molecule has 106 valence electrons. The predicted octanol–water partition coefficient (Wildman–Crippen LogP) is 4.24. The fourth-order valence-electron chi connectivity index (χ4n) is 3.17. The van der Waals surface area contributed by atoms with Crippen LogP contribution in [0.4, 0.5) is 5.69 Å². The van der Waals surface area contributed by atoms with Crippen LogP contribution in [0.5, 0.6) is 0 Å². The number of anilines is 1. The van der Waals surface area contributed by atoms with Gasteiger partial charge in [0, 0.05) is 31.3 Å². The molecule has 0 radical (unpaired) electrons. The third-order valence-electron chi connectivity index (χ3n) is 4.33. The summed E-state index contributed by atoms with van der Waals surface area (Å²) in [6, 6.07) is 4.20. The van der Waals surface area contributed by atoms with Gasteiger partial charge >= 0.3 is 0 Å². The largest absolute Gasteiger partial charge is 0.377 e. The van der Waals surface area contributed by atoms with Crippen molar-refractivity contribution in [3.05, 3.63) is 46.0 Å². The number of carbonyl (C=O) groups is 1. The van der Waals surface area contributed by atoms with Crippen molar-refractivity contribution in [3.8, 4) is 0 Å². The van der Waals surface area contributed by atoms with Gasteiger partial charge in [0.1, 0.15) is 0 Å². The van der Waals surface area contributed by atoms with E-state index in [1.807, 2.05) is 21.0 Å². The molecular formula is C18H23NO. The van der Waals surface area contributed by atoms with Gasteiger partial charge in [0.05, 0.1) is 0 Å². The highest BCUT2D eigenvalue weighted by molar-refractivity contribution is 5.92. The standard InChI is InChI=1S/C18H23NO/c1-11-9-12(2)18(13(11)3)15-7-8-17(19(5)6)14(4)16(15)10-20/h7-10,12H,1-6H3. The van der Waals surface area contributed by atoms with Gasteiger partial charge in [0.25, 0.3) is 0 Å². The molecule has 0 saturated carbocycles. The van der Waals surface area contributed by atoms with Crippen molar-refractivity contribution in [1.82, 2.24) is 0 Å². The van der Waals surface area contributed by atoms with Crippen LogP contribution in [0.3, 0.4) is 0 Å². The van der Waals surface area contributed by atoms with Gasteiger partial charge in [-0.2, -0.15) is 0 Å². The molecule has 1 aromatic carbocycles. The van der Waals surface area contributed by atoms with Gasteiger partial charge in [-0.05, 0) is 49.1 Å². The molecule has 0 heterocycles. The van der Waals surface area contributed by atoms with Crippen LogP contribution in [-0.4, -0.2) is 20.4 Å². The Labute approximate surface area is 121 Å². The third kappa shape index (κ3) is 2.20. The lowest BCUT2D eigenvalue weighted by Crippen LogP contribution is -2.12. The molecule has 2 heteroatoms. The molecule has 0 bridgehead atoms. The first-order valence-electron chi connectivity index (χ1n) is 7.04. The van der Waals surface area contributed by atoms with Crippen molar-refractivity contribution in [1.29, 1.82) is 0 Å². The Kier molecular flexibility index (Phi) is 3.85. The highest BCUT2D eigenvalue weighted by atomic mass is 16.1. The van der Waals surface area contributed by atoms with E-state index in [1.165, 1.54) is 16.7 Å². The Balaban J connectivity index is 2.66. The molecule has 0 N–H and O–H groups in total. The first kappa shape index (κ1) is 14.6. The van der Waals surface area contributed by atoms with Crippen molar-refractivity contribution in [2.24, 2.45) is 5.92 Å². The van der Waals surface area contributed by atoms with E-state index in [1.54, 1.807) is 0 Å². The summed E-state index contributed by atoms with van der Waals surface area (Å²) in [5, 5.41) is 0. The maximum Gasteiger partial charge on any atom is 0.151 e. The van der Waals surface area contributed by atoms with E-state index in [-0.39, 0.29) is 0 Å². The minimum absolute atomic E-state index is 0.373. The quantitative estimate of drug-likeness (QED) is 0.765. The zero-order valence-corrected chi connectivity index (χ0v) is 13.2. The van der Waals surface area contributed by atoms with E-state index in [2.05, 4.69) is 43.9 Å². The number of allylic oxidation sites excluding steroid dienone is 4. The van der Waals surface area contributed by atoms with Crippen LogP contribution in [-0.2, 0) is 0 Å². The summed E-state index contributed by atoms with van der Waals surface area (Å²) in [5.41, 5.74) is 7.97. The Morgan fingerprint density at radius 1 is 1.15 bits per heavy atom. The maximum atomic E-state index is 11.6. The molecule has 0 saturated heterocycles. The van der Waals surface area contributed by atoms with E-state index in [0.29, 0.717) is 5.92 Å². The smallest absolute Gasteiger partial charge is 0.151 e. The molecule has 0 fully saturated rings. The summed E-state index contributed by atoms with van der Waals surface area (Å²) in [4.78, 5) is 13.7. The monoisotopic (exact) mass is 269 g/mol. The summed E-state index contributed by atoms with van der Waals surface area (Å²) in [7, 11) is 4.01. The van der Waals surface area contributed by atoms with Crippen LogP contribution in [0.15, 0.2) is 29.4 Å². The van der Waals surface area contributed by atoms with Crippen LogP contribution in [0.1, 0.15) is 42.3 Å². The lowest BCUT2D eigenvalue weighted by molar-refractivity contribution is 0.112. The third-order valence-corrected chi connectivity index (χ3v) is 4.33. The van der Waals surface area contributed by atoms with Crippen molar-refractivity contribution >= 4 is 17.5 Å². The zero-order valence-electron chi connectivity index (χ0n) is 13.2. The number of rotatable bonds is 3. The lowest BCUT2D eigenvalue weighted by atomic mass is 9.88. The molecule has 0 aromatic heterocycles. The normalized spacial score (nSPS) is 18.3. The van der Waals surface area contributed by atoms with Crippen LogP contribution in [0.2, 0.25) is 0 Å². The molecule has 1 unspecified atom stereocenters. The molecule has 0 aliphatic heterocycles. The van der Waals surface area contributed by atoms with Gasteiger partial charge in [-0.3, -0.25) is 4.79 Å². The van der Waals surface area contributed by atoms with Crippen molar-refractivity contribution < 1.29 is 4.79 Å². The van der Waals surface area contributed by atoms with E-state index in [9.17, 15) is 4.79 Å². The number of hydrogen-bond donors (Lipinski definition) is 0. The number of carbonyl (C=O) groups excluding carboxylic acids is 1. The molecule has 1 aromatic rings. The first-order valence-corrected chi connectivity index (χ1v) is 7.04. The van der Waals surface area contributed by atoms with Gasteiger partial charge in [0.15, 0.2) is 6.29 Å². The Morgan fingerprint density at radius 2 is 1.80 bits per heavy atom. The molecule has 0 amide bonds. The number of nitrogens with zero attached hydrogens (tertiary/aromatic N) is 1. The average molecular weight is 269 g/mol. The first-order chi connectivity index (χ1) is 9.38. The molecular weight excluding hydrogens is 246 g/mol. The fourth-order valence-corrected chi connectivity index (χ4v) is 3.17. The zero-order chi connectivity index (χ0) is 15.0. The molecule has 0 spiro atoms. The molecule has 1 aliphatic rings. The maximum absolute atomic E-state index is 11.6. The summed E-state index contributed by atoms with van der Waals surface area (Å²) in [5.74, 6) is 0.373. The van der Waals surface area contributed by atoms with Crippen molar-refractivity contribution in [2.45, 2.75) is 27.7 Å². The van der Waals surface area contributed by atoms with E-state index in [0.717, 1.165) is 28.7 Å². The van der Waals surface area contributed by atoms with Gasteiger partial charge in [-0.25, -0.2) is 0 Å². The molecule has 2 rings (SSSR count). The summed E-state index contributed by atoms with van der Waals surface area (Å²) in [6.45, 7) is 8.51. The summed E-state index contributed by atoms with van der Waals surface area (Å²) >= 11 is 0. The highest BCUT2D eigenvalue weighted by Gasteiger charge is 2.23. The van der Waals surface area contributed by atoms with Crippen LogP contribution < -0.4 is 4.90 Å². The second-order valence-electron chi connectivity index (χ2n) is 5.86. The second kappa shape index (κ2) is 5.28. The molecule has 20 heavy (non-hydrogen) atoms. The van der Waals surface area contributed by atoms with Crippen LogP contribution in [0, 0.1) is 12.8 Å². The minimum Gasteiger partial charge on any atom is -0.377 e. The van der Waals surface area contributed by atoms with Crippen LogP contribution >= 0.6 is 0 Å². The fraction of sp³-hybridized carbons (Fsp3) is 0.389. The van der Waals surface area contributed by atoms with Crippen LogP contribution in [0.25, 0.3) is 5.57 Å². The second-order valence-corrected chi connectivity index (χ2v) is 5.86. The Hall–Kier alpha value is -1.83. The van der Waals surface area contributed by atoms with E-state index < -0.39 is 0 Å². The van der Waals surface area contributed by atoms with Gasteiger partial charge in [-0.15, -0.1) is 0 Å². The molecule has 1 atom stereocenters. The molecule has 2 nitrogen and oxygen atoms in total. The number of aldehydes is 1. The highest BCUT2D eigenvalue weighted by Crippen LogP contribution is 2.40. The predicted molar refractivity (Wildman–Crippen MR) is 86.4 cm³/mol. The Morgan fingerprint density at radius 3 is 2.25 bits per heavy atom. The Bertz CT molecular complexity index is 621. The topological polar surface area (TPSA) is 20.3 Å². The van der Waals surface area contributed by atoms with Crippen molar-refractivity contribution in [3.63, 3.8) is 0 Å². The summed E-state index contributed by atoms with van der Waals surface area (Å²) < 4.78 is 0. The minimum atomic E-state index is 0.373. The SMILES string of the molecule is CC1=CC(C)C(c2ccc(N(C)C)c(C)c2C=O)=C1C. The van der Waals surface area contributed by atoms with Gasteiger partial charge < -0.3 is 4.90 Å². The van der Waals surface area contributed by atoms with E-state index in [4.69, 9.17) is 0 Å². The average Bonchev–Trinajstić information content (AvgIpc) is 2.62. The number of benzene rings is 1. The number of hydrogen-bond acceptors (Lipinski definition) is 2.